The third kappa shape index (κ3) is 35.6. The van der Waals surface area contributed by atoms with E-state index in [1.807, 2.05) is 231 Å². The van der Waals surface area contributed by atoms with Crippen LogP contribution in [-0.2, 0) is 46.2 Å². The van der Waals surface area contributed by atoms with Gasteiger partial charge in [-0.2, -0.15) is 0 Å². The fourth-order valence-electron chi connectivity index (χ4n) is 11.2. The van der Waals surface area contributed by atoms with Crippen LogP contribution in [0.4, 0.5) is 8.78 Å². The highest BCUT2D eigenvalue weighted by Crippen LogP contribution is 2.20. The third-order valence-electron chi connectivity index (χ3n) is 18.2. The fourth-order valence-corrected chi connectivity index (χ4v) is 11.4. The first-order valence-electron chi connectivity index (χ1n) is 39.1. The molecule has 119 heavy (non-hydrogen) atoms. The van der Waals surface area contributed by atoms with Crippen molar-refractivity contribution in [2.45, 2.75) is 73.9 Å². The molecule has 10 heteroatoms. The van der Waals surface area contributed by atoms with Gasteiger partial charge in [0.05, 0.1) is 46.2 Å². The number of hydrogen-bond acceptors (Lipinski definition) is 7. The molecule has 0 aliphatic rings. The summed E-state index contributed by atoms with van der Waals surface area (Å²) in [4.78, 5) is 0. The van der Waals surface area contributed by atoms with Gasteiger partial charge in [0.2, 0.25) is 0 Å². The van der Waals surface area contributed by atoms with E-state index in [2.05, 4.69) is 173 Å². The van der Waals surface area contributed by atoms with Crippen LogP contribution in [-0.4, -0.2) is 35.7 Å². The Bertz CT molecular complexity index is 5000. The summed E-state index contributed by atoms with van der Waals surface area (Å²) >= 11 is 5.90. The molecule has 0 aliphatic carbocycles. The molecular formula is C109H103ClF2O7. The van der Waals surface area contributed by atoms with E-state index >= 15 is 0 Å². The van der Waals surface area contributed by atoms with Crippen molar-refractivity contribution in [3.05, 3.63) is 495 Å². The van der Waals surface area contributed by atoms with Gasteiger partial charge in [-0.1, -0.05) is 428 Å². The van der Waals surface area contributed by atoms with E-state index in [-0.39, 0.29) is 57.9 Å². The van der Waals surface area contributed by atoms with Crippen molar-refractivity contribution in [2.75, 3.05) is 0 Å². The zero-order chi connectivity index (χ0) is 84.6. The summed E-state index contributed by atoms with van der Waals surface area (Å²) in [6.07, 6.45) is 28.1. The summed E-state index contributed by atoms with van der Waals surface area (Å²) in [7, 11) is 0. The molecule has 14 aromatic carbocycles. The SMILES string of the molecule is Cc1ccc(/C=C/c2ccc(CO)cc2)cc1.Cc1ccc(/C=C/c2ccc(CO)cc2)cc1.Cc1cccc(/C=C/c2ccc(CO)cc2)c1.Cc1cccc(/C=C/c2ccc(CO)cc2)c1.OCc1ccc(/C=C/c2cccc(Cl)c2)cc1.OCc1ccc(/C=C/c2cccc(F)c2)cc1.OCc1ccc(/C=C/c2ccccc2F)cc1. The average molecular weight is 1600 g/mol. The van der Waals surface area contributed by atoms with Gasteiger partial charge in [-0.25, -0.2) is 8.78 Å². The van der Waals surface area contributed by atoms with Gasteiger partial charge >= 0.3 is 0 Å². The van der Waals surface area contributed by atoms with Crippen molar-refractivity contribution < 1.29 is 44.5 Å². The number of benzene rings is 14. The van der Waals surface area contributed by atoms with E-state index in [0.29, 0.717) is 5.56 Å². The summed E-state index contributed by atoms with van der Waals surface area (Å²) in [6, 6.07) is 109. The molecule has 602 valence electrons. The highest BCUT2D eigenvalue weighted by atomic mass is 35.5. The number of aliphatic hydroxyl groups excluding tert-OH is 7. The molecule has 0 saturated carbocycles. The van der Waals surface area contributed by atoms with E-state index in [0.717, 1.165) is 94.0 Å². The Morgan fingerprint density at radius 2 is 0.420 bits per heavy atom. The van der Waals surface area contributed by atoms with Gasteiger partial charge in [0.1, 0.15) is 11.6 Å². The summed E-state index contributed by atoms with van der Waals surface area (Å²) in [5, 5.41) is 63.3. The number of aryl methyl sites for hydroxylation is 4. The molecule has 0 fully saturated rings. The number of halogens is 3. The third-order valence-corrected chi connectivity index (χ3v) is 18.5. The predicted octanol–water partition coefficient (Wildman–Crippen LogP) is 25.6. The largest absolute Gasteiger partial charge is 0.392 e. The molecule has 0 saturated heterocycles. The molecule has 0 bridgehead atoms. The molecular weight excluding hydrogens is 1490 g/mol. The second kappa shape index (κ2) is 52.0. The van der Waals surface area contributed by atoms with Gasteiger partial charge in [-0.15, -0.1) is 0 Å². The lowest BCUT2D eigenvalue weighted by atomic mass is 10.1. The lowest BCUT2D eigenvalue weighted by Gasteiger charge is -1.98. The summed E-state index contributed by atoms with van der Waals surface area (Å²) < 4.78 is 26.3. The van der Waals surface area contributed by atoms with Crippen LogP contribution in [0.25, 0.3) is 85.1 Å². The molecule has 0 heterocycles. The van der Waals surface area contributed by atoms with Crippen molar-refractivity contribution in [3.63, 3.8) is 0 Å². The standard InChI is InChI=1S/4C16H16O.C15H13ClO.2C15H13FO/c2*1-13-2-4-14(5-3-13)6-7-15-8-10-16(12-17)11-9-15;2*1-13-3-2-4-15(11-13)8-5-14-6-9-16(12-17)10-7-14;2*16-15-3-1-2-13(10-15)7-4-12-5-8-14(11-17)9-6-12;16-15-4-2-1-3-14(15)10-9-12-5-7-13(11-17)8-6-12/h4*2-11,17H,12H2,1H3;3*1-10,17H,11H2/b2*7-6+;2*8-5+;2*7-4+;10-9+. The summed E-state index contributed by atoms with van der Waals surface area (Å²) in [5.41, 5.74) is 26.5. The molecule has 0 spiro atoms. The van der Waals surface area contributed by atoms with Gasteiger partial charge in [0, 0.05) is 10.6 Å². The van der Waals surface area contributed by atoms with Crippen LogP contribution in [0.2, 0.25) is 5.02 Å². The normalized spacial score (nSPS) is 10.9. The molecule has 0 unspecified atom stereocenters. The van der Waals surface area contributed by atoms with Crippen LogP contribution in [0.15, 0.2) is 340 Å². The Morgan fingerprint density at radius 3 is 0.664 bits per heavy atom. The Hall–Kier alpha value is -12.9. The average Bonchev–Trinajstić information content (AvgIpc) is 0.901. The second-order valence-electron chi connectivity index (χ2n) is 27.9. The van der Waals surface area contributed by atoms with Gasteiger partial charge in [0.25, 0.3) is 0 Å². The molecule has 14 rings (SSSR count). The molecule has 0 atom stereocenters. The van der Waals surface area contributed by atoms with E-state index in [9.17, 15) is 8.78 Å². The maximum absolute atomic E-state index is 13.3. The van der Waals surface area contributed by atoms with Gasteiger partial charge in [-0.3, -0.25) is 0 Å². The first kappa shape index (κ1) is 91.7. The predicted molar refractivity (Wildman–Crippen MR) is 498 cm³/mol. The molecule has 0 radical (unpaired) electrons. The highest BCUT2D eigenvalue weighted by Gasteiger charge is 2.01. The minimum absolute atomic E-state index is 0.0390. The fraction of sp³-hybridized carbons (Fsp3) is 0.101. The van der Waals surface area contributed by atoms with Gasteiger partial charge in [0.15, 0.2) is 0 Å². The molecule has 7 N–H and O–H groups in total. The smallest absolute Gasteiger partial charge is 0.130 e. The zero-order valence-electron chi connectivity index (χ0n) is 67.6. The van der Waals surface area contributed by atoms with E-state index < -0.39 is 0 Å². The molecule has 0 aromatic heterocycles. The Labute approximate surface area is 706 Å². The monoisotopic (exact) mass is 1600 g/mol. The van der Waals surface area contributed by atoms with Crippen molar-refractivity contribution >= 4 is 96.7 Å². The van der Waals surface area contributed by atoms with Crippen LogP contribution in [0, 0.1) is 39.3 Å². The minimum Gasteiger partial charge on any atom is -0.392 e. The Balaban J connectivity index is 0.000000173. The van der Waals surface area contributed by atoms with Gasteiger partial charge < -0.3 is 35.7 Å². The van der Waals surface area contributed by atoms with Crippen molar-refractivity contribution in [1.82, 2.24) is 0 Å². The first-order valence-corrected chi connectivity index (χ1v) is 39.5. The highest BCUT2D eigenvalue weighted by molar-refractivity contribution is 6.30. The van der Waals surface area contributed by atoms with Crippen LogP contribution in [0.1, 0.15) is 139 Å². The van der Waals surface area contributed by atoms with E-state index in [4.69, 9.17) is 47.3 Å². The quantitative estimate of drug-likeness (QED) is 0.0355. The number of aliphatic hydroxyl groups is 7. The maximum atomic E-state index is 13.3. The Morgan fingerprint density at radius 1 is 0.202 bits per heavy atom. The molecule has 14 aromatic rings. The minimum atomic E-state index is -0.234. The van der Waals surface area contributed by atoms with Crippen molar-refractivity contribution in [2.24, 2.45) is 0 Å². The lowest BCUT2D eigenvalue weighted by Crippen LogP contribution is -1.82. The maximum Gasteiger partial charge on any atom is 0.130 e. The zero-order valence-corrected chi connectivity index (χ0v) is 68.4. The van der Waals surface area contributed by atoms with E-state index in [1.165, 1.54) is 62.7 Å². The second-order valence-corrected chi connectivity index (χ2v) is 28.3. The number of hydrogen-bond donors (Lipinski definition) is 7. The van der Waals surface area contributed by atoms with Crippen molar-refractivity contribution in [1.29, 1.82) is 0 Å². The number of rotatable bonds is 21. The summed E-state index contributed by atoms with van der Waals surface area (Å²) in [6.45, 7) is 8.92. The van der Waals surface area contributed by atoms with E-state index in [1.54, 1.807) is 30.3 Å². The topological polar surface area (TPSA) is 142 Å². The summed E-state index contributed by atoms with van der Waals surface area (Å²) in [5.74, 6) is -0.460. The molecule has 7 nitrogen and oxygen atoms in total. The van der Waals surface area contributed by atoms with Gasteiger partial charge in [-0.05, 0) is 169 Å². The van der Waals surface area contributed by atoms with Crippen LogP contribution >= 0.6 is 11.6 Å². The molecule has 0 aliphatic heterocycles. The van der Waals surface area contributed by atoms with Crippen LogP contribution < -0.4 is 0 Å². The Kier molecular flexibility index (Phi) is 40.0. The van der Waals surface area contributed by atoms with Crippen LogP contribution in [0.5, 0.6) is 0 Å². The molecule has 0 amide bonds. The lowest BCUT2D eigenvalue weighted by molar-refractivity contribution is 0.281. The van der Waals surface area contributed by atoms with Crippen LogP contribution in [0.3, 0.4) is 0 Å². The van der Waals surface area contributed by atoms with Crippen molar-refractivity contribution in [3.8, 4) is 0 Å². The first-order chi connectivity index (χ1) is 57.9.